The number of nitrogens with one attached hydrogen (secondary N) is 1. The topological polar surface area (TPSA) is 33.1 Å². The van der Waals surface area contributed by atoms with Gasteiger partial charge in [-0.05, 0) is 37.6 Å². The summed E-state index contributed by atoms with van der Waals surface area (Å²) in [5.41, 5.74) is 3.77. The summed E-state index contributed by atoms with van der Waals surface area (Å²) in [5.74, 6) is 0. The second kappa shape index (κ2) is 7.84. The number of rotatable bonds is 8. The van der Waals surface area contributed by atoms with Gasteiger partial charge >= 0.3 is 0 Å². The molecule has 21 heavy (non-hydrogen) atoms. The lowest BCUT2D eigenvalue weighted by Gasteiger charge is -2.21. The fourth-order valence-corrected chi connectivity index (χ4v) is 2.46. The van der Waals surface area contributed by atoms with E-state index in [0.29, 0.717) is 0 Å². The van der Waals surface area contributed by atoms with Gasteiger partial charge in [0, 0.05) is 51.5 Å². The molecular weight excluding hydrogens is 260 g/mol. The molecule has 114 valence electrons. The summed E-state index contributed by atoms with van der Waals surface area (Å²) < 4.78 is 1.85. The van der Waals surface area contributed by atoms with Crippen molar-refractivity contribution in [2.24, 2.45) is 7.05 Å². The molecule has 4 nitrogen and oxygen atoms in total. The lowest BCUT2D eigenvalue weighted by molar-refractivity contribution is 0.665. The van der Waals surface area contributed by atoms with Crippen LogP contribution in [0.3, 0.4) is 0 Å². The molecule has 0 unspecified atom stereocenters. The third kappa shape index (κ3) is 4.60. The van der Waals surface area contributed by atoms with Crippen LogP contribution < -0.4 is 10.2 Å². The Morgan fingerprint density at radius 3 is 2.38 bits per heavy atom. The van der Waals surface area contributed by atoms with Gasteiger partial charge in [-0.15, -0.1) is 0 Å². The summed E-state index contributed by atoms with van der Waals surface area (Å²) >= 11 is 0. The molecule has 0 spiro atoms. The highest BCUT2D eigenvalue weighted by atomic mass is 15.2. The average Bonchev–Trinajstić information content (AvgIpc) is 2.92. The van der Waals surface area contributed by atoms with E-state index in [-0.39, 0.29) is 0 Å². The molecule has 0 bridgehead atoms. The lowest BCUT2D eigenvalue weighted by Crippen LogP contribution is -2.21. The van der Waals surface area contributed by atoms with E-state index in [4.69, 9.17) is 0 Å². The summed E-state index contributed by atoms with van der Waals surface area (Å²) in [7, 11) is 1.95. The fraction of sp³-hybridized carbons (Fsp3) is 0.471. The van der Waals surface area contributed by atoms with Crippen LogP contribution in [0.5, 0.6) is 0 Å². The van der Waals surface area contributed by atoms with E-state index >= 15 is 0 Å². The summed E-state index contributed by atoms with van der Waals surface area (Å²) in [4.78, 5) is 2.36. The summed E-state index contributed by atoms with van der Waals surface area (Å²) in [5, 5.41) is 7.85. The van der Waals surface area contributed by atoms with Gasteiger partial charge in [-0.3, -0.25) is 4.68 Å². The highest BCUT2D eigenvalue weighted by molar-refractivity contribution is 5.47. The van der Waals surface area contributed by atoms with Gasteiger partial charge in [0.15, 0.2) is 0 Å². The number of nitrogens with zero attached hydrogens (tertiary/aromatic N) is 3. The van der Waals surface area contributed by atoms with Crippen molar-refractivity contribution in [3.63, 3.8) is 0 Å². The minimum atomic E-state index is 0.908. The molecule has 0 fully saturated rings. The van der Waals surface area contributed by atoms with E-state index in [1.807, 2.05) is 17.9 Å². The maximum Gasteiger partial charge on any atom is 0.0637 e. The minimum Gasteiger partial charge on any atom is -0.372 e. The lowest BCUT2D eigenvalue weighted by atomic mass is 10.2. The SMILES string of the molecule is CCN(CC)c1ccc(CNCCc2ccn(C)n2)cc1. The Balaban J connectivity index is 1.76. The van der Waals surface area contributed by atoms with E-state index in [2.05, 4.69) is 59.5 Å². The first-order valence-corrected chi connectivity index (χ1v) is 7.76. The van der Waals surface area contributed by atoms with Crippen LogP contribution in [0, 0.1) is 0 Å². The molecule has 0 amide bonds. The smallest absolute Gasteiger partial charge is 0.0637 e. The first-order chi connectivity index (χ1) is 10.2. The molecular formula is C17H26N4. The third-order valence-electron chi connectivity index (χ3n) is 3.72. The van der Waals surface area contributed by atoms with Crippen molar-refractivity contribution in [3.05, 3.63) is 47.8 Å². The zero-order chi connectivity index (χ0) is 15.1. The Bertz CT molecular complexity index is 526. The van der Waals surface area contributed by atoms with Gasteiger partial charge in [0.25, 0.3) is 0 Å². The molecule has 1 aromatic heterocycles. The third-order valence-corrected chi connectivity index (χ3v) is 3.72. The second-order valence-corrected chi connectivity index (χ2v) is 5.25. The molecule has 0 atom stereocenters. The minimum absolute atomic E-state index is 0.908. The number of anilines is 1. The second-order valence-electron chi connectivity index (χ2n) is 5.25. The molecule has 0 radical (unpaired) electrons. The van der Waals surface area contributed by atoms with Crippen molar-refractivity contribution in [2.45, 2.75) is 26.8 Å². The van der Waals surface area contributed by atoms with E-state index in [1.165, 1.54) is 11.3 Å². The quantitative estimate of drug-likeness (QED) is 0.757. The predicted octanol–water partition coefficient (Wildman–Crippen LogP) is 2.60. The van der Waals surface area contributed by atoms with E-state index in [1.54, 1.807) is 0 Å². The van der Waals surface area contributed by atoms with Crippen LogP contribution in [-0.2, 0) is 20.0 Å². The number of benzene rings is 1. The molecule has 2 aromatic rings. The highest BCUT2D eigenvalue weighted by Gasteiger charge is 2.01. The van der Waals surface area contributed by atoms with Crippen molar-refractivity contribution in [1.82, 2.24) is 15.1 Å². The van der Waals surface area contributed by atoms with E-state index in [0.717, 1.165) is 38.3 Å². The summed E-state index contributed by atoms with van der Waals surface area (Å²) in [6, 6.07) is 10.9. The Kier molecular flexibility index (Phi) is 5.81. The highest BCUT2D eigenvalue weighted by Crippen LogP contribution is 2.14. The van der Waals surface area contributed by atoms with Gasteiger partial charge in [0.05, 0.1) is 5.69 Å². The van der Waals surface area contributed by atoms with Crippen LogP contribution >= 0.6 is 0 Å². The number of aromatic nitrogens is 2. The van der Waals surface area contributed by atoms with Crippen LogP contribution in [0.1, 0.15) is 25.1 Å². The first-order valence-electron chi connectivity index (χ1n) is 7.76. The van der Waals surface area contributed by atoms with Crippen molar-refractivity contribution in [3.8, 4) is 0 Å². The van der Waals surface area contributed by atoms with Gasteiger partial charge in [-0.1, -0.05) is 12.1 Å². The number of hydrogen-bond acceptors (Lipinski definition) is 3. The fourth-order valence-electron chi connectivity index (χ4n) is 2.46. The van der Waals surface area contributed by atoms with Crippen LogP contribution in [0.15, 0.2) is 36.5 Å². The van der Waals surface area contributed by atoms with Crippen LogP contribution in [0.2, 0.25) is 0 Å². The Morgan fingerprint density at radius 2 is 1.81 bits per heavy atom. The largest absolute Gasteiger partial charge is 0.372 e. The van der Waals surface area contributed by atoms with Crippen molar-refractivity contribution in [2.75, 3.05) is 24.5 Å². The number of hydrogen-bond donors (Lipinski definition) is 1. The molecule has 1 aromatic carbocycles. The van der Waals surface area contributed by atoms with Crippen LogP contribution in [0.25, 0.3) is 0 Å². The standard InChI is InChI=1S/C17H26N4/c1-4-21(5-2)17-8-6-15(7-9-17)14-18-12-10-16-11-13-20(3)19-16/h6-9,11,13,18H,4-5,10,12,14H2,1-3H3. The maximum absolute atomic E-state index is 4.38. The van der Waals surface area contributed by atoms with Gasteiger partial charge in [0.1, 0.15) is 0 Å². The Labute approximate surface area is 127 Å². The molecule has 0 saturated heterocycles. The van der Waals surface area contributed by atoms with Gasteiger partial charge in [-0.25, -0.2) is 0 Å². The number of aryl methyl sites for hydroxylation is 1. The molecule has 1 heterocycles. The van der Waals surface area contributed by atoms with E-state index in [9.17, 15) is 0 Å². The Morgan fingerprint density at radius 1 is 1.10 bits per heavy atom. The van der Waals surface area contributed by atoms with Crippen molar-refractivity contribution >= 4 is 5.69 Å². The molecule has 0 aliphatic carbocycles. The van der Waals surface area contributed by atoms with Crippen molar-refractivity contribution in [1.29, 1.82) is 0 Å². The van der Waals surface area contributed by atoms with E-state index < -0.39 is 0 Å². The maximum atomic E-state index is 4.38. The zero-order valence-electron chi connectivity index (χ0n) is 13.3. The van der Waals surface area contributed by atoms with Crippen LogP contribution in [-0.4, -0.2) is 29.4 Å². The molecule has 0 aliphatic rings. The normalized spacial score (nSPS) is 10.8. The van der Waals surface area contributed by atoms with Gasteiger partial charge in [-0.2, -0.15) is 5.10 Å². The van der Waals surface area contributed by atoms with Gasteiger partial charge < -0.3 is 10.2 Å². The molecule has 4 heteroatoms. The summed E-state index contributed by atoms with van der Waals surface area (Å²) in [6.07, 6.45) is 2.96. The summed E-state index contributed by atoms with van der Waals surface area (Å²) in [6.45, 7) is 8.35. The Hall–Kier alpha value is -1.81. The molecule has 1 N–H and O–H groups in total. The predicted molar refractivity (Wildman–Crippen MR) is 88.6 cm³/mol. The first kappa shape index (κ1) is 15.6. The zero-order valence-corrected chi connectivity index (χ0v) is 13.3. The molecule has 2 rings (SSSR count). The van der Waals surface area contributed by atoms with Gasteiger partial charge in [0.2, 0.25) is 0 Å². The molecule has 0 aliphatic heterocycles. The van der Waals surface area contributed by atoms with Crippen molar-refractivity contribution < 1.29 is 0 Å². The van der Waals surface area contributed by atoms with Crippen LogP contribution in [0.4, 0.5) is 5.69 Å². The average molecular weight is 286 g/mol. The monoisotopic (exact) mass is 286 g/mol. The molecule has 0 saturated carbocycles.